The van der Waals surface area contributed by atoms with Crippen molar-refractivity contribution in [1.29, 1.82) is 0 Å². The maximum Gasteiger partial charge on any atom is 0.280 e. The number of anilines is 3. The number of nitrogens with zero attached hydrogens (tertiary/aromatic N) is 3. The summed E-state index contributed by atoms with van der Waals surface area (Å²) in [6.45, 7) is 3.51. The topological polar surface area (TPSA) is 115 Å². The number of nitrogen functional groups attached to an aromatic ring is 1. The number of carbonyl (C=O) groups is 2. The largest absolute Gasteiger partial charge is 0.382 e. The minimum Gasteiger partial charge on any atom is -0.382 e. The Morgan fingerprint density at radius 1 is 1.07 bits per heavy atom. The lowest BCUT2D eigenvalue weighted by molar-refractivity contribution is -0.116. The first-order chi connectivity index (χ1) is 13.7. The van der Waals surface area contributed by atoms with Crippen LogP contribution in [-0.2, 0) is 11.3 Å². The van der Waals surface area contributed by atoms with Crippen LogP contribution >= 0.6 is 0 Å². The Balaban J connectivity index is 1.69. The molecule has 0 saturated heterocycles. The summed E-state index contributed by atoms with van der Waals surface area (Å²) in [5.74, 6) is -3.45. The standard InChI is InChI=1S/C19H18F2N6O2/c1-10-3-4-11(2)15(7-10)24-16(28)9-27-18(22)17(25-26-27)19(29)23-12-5-6-13(20)14(21)8-12/h3-8H,9,22H2,1-2H3,(H,23,29)(H,24,28). The van der Waals surface area contributed by atoms with E-state index in [2.05, 4.69) is 20.9 Å². The maximum atomic E-state index is 13.3. The second-order valence-corrected chi connectivity index (χ2v) is 6.43. The second-order valence-electron chi connectivity index (χ2n) is 6.43. The van der Waals surface area contributed by atoms with Crippen LogP contribution in [-0.4, -0.2) is 26.8 Å². The molecular formula is C19H18F2N6O2. The number of carbonyl (C=O) groups excluding carboxylic acids is 2. The van der Waals surface area contributed by atoms with Crippen LogP contribution in [0.1, 0.15) is 21.6 Å². The zero-order chi connectivity index (χ0) is 21.1. The molecule has 0 aliphatic heterocycles. The van der Waals surface area contributed by atoms with Crippen LogP contribution in [0.3, 0.4) is 0 Å². The summed E-state index contributed by atoms with van der Waals surface area (Å²) >= 11 is 0. The Labute approximate surface area is 164 Å². The highest BCUT2D eigenvalue weighted by Crippen LogP contribution is 2.18. The fourth-order valence-electron chi connectivity index (χ4n) is 2.56. The Morgan fingerprint density at radius 2 is 1.83 bits per heavy atom. The molecule has 2 aromatic carbocycles. The molecule has 0 aliphatic carbocycles. The van der Waals surface area contributed by atoms with Gasteiger partial charge in [0.2, 0.25) is 5.91 Å². The van der Waals surface area contributed by atoms with Gasteiger partial charge in [0.1, 0.15) is 6.54 Å². The number of halogens is 2. The molecule has 29 heavy (non-hydrogen) atoms. The summed E-state index contributed by atoms with van der Waals surface area (Å²) in [4.78, 5) is 24.6. The zero-order valence-corrected chi connectivity index (χ0v) is 15.7. The quantitative estimate of drug-likeness (QED) is 0.609. The number of aryl methyl sites for hydroxylation is 2. The summed E-state index contributed by atoms with van der Waals surface area (Å²) < 4.78 is 27.3. The SMILES string of the molecule is Cc1ccc(C)c(NC(=O)Cn2nnc(C(=O)Nc3ccc(F)c(F)c3)c2N)c1. The van der Waals surface area contributed by atoms with Crippen LogP contribution in [0.4, 0.5) is 26.0 Å². The van der Waals surface area contributed by atoms with Gasteiger partial charge in [0.05, 0.1) is 0 Å². The van der Waals surface area contributed by atoms with E-state index in [1.165, 1.54) is 6.07 Å². The van der Waals surface area contributed by atoms with E-state index in [4.69, 9.17) is 5.73 Å². The molecule has 0 saturated carbocycles. The first-order valence-electron chi connectivity index (χ1n) is 8.57. The Hall–Kier alpha value is -3.82. The molecule has 150 valence electrons. The Morgan fingerprint density at radius 3 is 2.55 bits per heavy atom. The van der Waals surface area contributed by atoms with Gasteiger partial charge in [-0.05, 0) is 43.2 Å². The number of benzene rings is 2. The van der Waals surface area contributed by atoms with Crippen molar-refractivity contribution < 1.29 is 18.4 Å². The van der Waals surface area contributed by atoms with E-state index < -0.39 is 23.4 Å². The van der Waals surface area contributed by atoms with Gasteiger partial charge in [-0.3, -0.25) is 9.59 Å². The minimum absolute atomic E-state index is 0.0236. The first kappa shape index (κ1) is 19.9. The minimum atomic E-state index is -1.11. The second kappa shape index (κ2) is 8.05. The Bertz CT molecular complexity index is 1100. The zero-order valence-electron chi connectivity index (χ0n) is 15.7. The van der Waals surface area contributed by atoms with Crippen molar-refractivity contribution in [3.8, 4) is 0 Å². The van der Waals surface area contributed by atoms with Gasteiger partial charge in [0.25, 0.3) is 5.91 Å². The van der Waals surface area contributed by atoms with Crippen molar-refractivity contribution in [3.05, 3.63) is 64.9 Å². The van der Waals surface area contributed by atoms with Crippen molar-refractivity contribution in [3.63, 3.8) is 0 Å². The molecule has 10 heteroatoms. The number of rotatable bonds is 5. The van der Waals surface area contributed by atoms with Crippen LogP contribution in [0.2, 0.25) is 0 Å². The highest BCUT2D eigenvalue weighted by molar-refractivity contribution is 6.05. The predicted octanol–water partition coefficient (Wildman–Crippen LogP) is 2.65. The number of amides is 2. The molecule has 0 bridgehead atoms. The predicted molar refractivity (Wildman–Crippen MR) is 103 cm³/mol. The highest BCUT2D eigenvalue weighted by atomic mass is 19.2. The van der Waals surface area contributed by atoms with Crippen molar-refractivity contribution in [2.75, 3.05) is 16.4 Å². The van der Waals surface area contributed by atoms with Gasteiger partial charge in [-0.15, -0.1) is 5.10 Å². The van der Waals surface area contributed by atoms with Gasteiger partial charge in [0, 0.05) is 17.4 Å². The summed E-state index contributed by atoms with van der Waals surface area (Å²) in [6, 6.07) is 8.54. The van der Waals surface area contributed by atoms with E-state index in [1.807, 2.05) is 32.0 Å². The molecule has 0 spiro atoms. The van der Waals surface area contributed by atoms with Crippen molar-refractivity contribution in [1.82, 2.24) is 15.0 Å². The van der Waals surface area contributed by atoms with Crippen LogP contribution in [0.15, 0.2) is 36.4 Å². The molecule has 0 aliphatic rings. The van der Waals surface area contributed by atoms with E-state index >= 15 is 0 Å². The highest BCUT2D eigenvalue weighted by Gasteiger charge is 2.19. The summed E-state index contributed by atoms with van der Waals surface area (Å²) in [5.41, 5.74) is 8.19. The van der Waals surface area contributed by atoms with Crippen LogP contribution in [0.25, 0.3) is 0 Å². The normalized spacial score (nSPS) is 10.6. The molecule has 0 radical (unpaired) electrons. The fourth-order valence-corrected chi connectivity index (χ4v) is 2.56. The van der Waals surface area contributed by atoms with Crippen LogP contribution < -0.4 is 16.4 Å². The van der Waals surface area contributed by atoms with Gasteiger partial charge in [0.15, 0.2) is 23.1 Å². The summed E-state index contributed by atoms with van der Waals surface area (Å²) in [5, 5.41) is 12.5. The molecule has 0 fully saturated rings. The number of nitrogens with one attached hydrogen (secondary N) is 2. The number of hydrogen-bond donors (Lipinski definition) is 3. The summed E-state index contributed by atoms with van der Waals surface area (Å²) in [7, 11) is 0. The monoisotopic (exact) mass is 400 g/mol. The van der Waals surface area contributed by atoms with E-state index in [0.717, 1.165) is 27.9 Å². The Kier molecular flexibility index (Phi) is 5.53. The first-order valence-corrected chi connectivity index (χ1v) is 8.57. The van der Waals surface area contributed by atoms with Crippen molar-refractivity contribution in [2.24, 2.45) is 0 Å². The lowest BCUT2D eigenvalue weighted by atomic mass is 10.1. The molecule has 0 atom stereocenters. The van der Waals surface area contributed by atoms with E-state index in [-0.39, 0.29) is 23.7 Å². The third-order valence-electron chi connectivity index (χ3n) is 4.13. The van der Waals surface area contributed by atoms with E-state index in [9.17, 15) is 18.4 Å². The molecule has 2 amide bonds. The molecule has 3 aromatic rings. The lowest BCUT2D eigenvalue weighted by Crippen LogP contribution is -2.22. The molecule has 8 nitrogen and oxygen atoms in total. The van der Waals surface area contributed by atoms with Crippen molar-refractivity contribution in [2.45, 2.75) is 20.4 Å². The molecular weight excluding hydrogens is 382 g/mol. The number of aromatic nitrogens is 3. The molecule has 4 N–H and O–H groups in total. The van der Waals surface area contributed by atoms with E-state index in [1.54, 1.807) is 0 Å². The third-order valence-corrected chi connectivity index (χ3v) is 4.13. The number of hydrogen-bond acceptors (Lipinski definition) is 5. The van der Waals surface area contributed by atoms with Crippen LogP contribution in [0.5, 0.6) is 0 Å². The maximum absolute atomic E-state index is 13.3. The average Bonchev–Trinajstić information content (AvgIpc) is 3.02. The lowest BCUT2D eigenvalue weighted by Gasteiger charge is -2.10. The third kappa shape index (κ3) is 4.54. The number of nitrogens with two attached hydrogens (primary N) is 1. The van der Waals surface area contributed by atoms with Gasteiger partial charge >= 0.3 is 0 Å². The average molecular weight is 400 g/mol. The van der Waals surface area contributed by atoms with Gasteiger partial charge in [-0.25, -0.2) is 13.5 Å². The molecule has 1 heterocycles. The van der Waals surface area contributed by atoms with Gasteiger partial charge in [-0.1, -0.05) is 17.3 Å². The van der Waals surface area contributed by atoms with Crippen molar-refractivity contribution >= 4 is 29.0 Å². The van der Waals surface area contributed by atoms with Gasteiger partial charge in [-0.2, -0.15) is 0 Å². The molecule has 0 unspecified atom stereocenters. The van der Waals surface area contributed by atoms with Gasteiger partial charge < -0.3 is 16.4 Å². The molecule has 3 rings (SSSR count). The fraction of sp³-hybridized carbons (Fsp3) is 0.158. The van der Waals surface area contributed by atoms with E-state index in [0.29, 0.717) is 5.69 Å². The van der Waals surface area contributed by atoms with Crippen LogP contribution in [0, 0.1) is 25.5 Å². The summed E-state index contributed by atoms with van der Waals surface area (Å²) in [6.07, 6.45) is 0. The molecule has 1 aromatic heterocycles. The smallest absolute Gasteiger partial charge is 0.280 e.